The van der Waals surface area contributed by atoms with E-state index in [1.54, 1.807) is 0 Å². The number of rotatable bonds is 5. The maximum absolute atomic E-state index is 12.3. The zero-order valence-corrected chi connectivity index (χ0v) is 13.7. The summed E-state index contributed by atoms with van der Waals surface area (Å²) >= 11 is 0. The Labute approximate surface area is 127 Å². The van der Waals surface area contributed by atoms with Crippen LogP contribution in [0.15, 0.2) is 29.1 Å². The molecule has 2 aromatic rings. The lowest BCUT2D eigenvalue weighted by Crippen LogP contribution is -2.11. The number of hydrogen-bond donors (Lipinski definition) is 1. The largest absolute Gasteiger partial charge is 0.284 e. The minimum Gasteiger partial charge on any atom is -0.284 e. The lowest BCUT2D eigenvalue weighted by atomic mass is 9.99. The fraction of sp³-hybridized carbons (Fsp3) is 0.500. The summed E-state index contributed by atoms with van der Waals surface area (Å²) in [5.41, 5.74) is 4.38. The summed E-state index contributed by atoms with van der Waals surface area (Å²) in [6, 6.07) is 8.43. The van der Waals surface area contributed by atoms with E-state index in [0.717, 1.165) is 29.8 Å². The van der Waals surface area contributed by atoms with Crippen molar-refractivity contribution in [2.75, 3.05) is 0 Å². The van der Waals surface area contributed by atoms with Crippen LogP contribution >= 0.6 is 0 Å². The first-order chi connectivity index (χ1) is 9.88. The molecule has 0 aliphatic rings. The van der Waals surface area contributed by atoms with Crippen LogP contribution in [0.4, 0.5) is 0 Å². The Morgan fingerprint density at radius 2 is 1.67 bits per heavy atom. The lowest BCUT2D eigenvalue weighted by Gasteiger charge is -2.13. The van der Waals surface area contributed by atoms with Gasteiger partial charge in [0.25, 0.3) is 5.56 Å². The van der Waals surface area contributed by atoms with E-state index in [-0.39, 0.29) is 5.56 Å². The van der Waals surface area contributed by atoms with Gasteiger partial charge in [0.15, 0.2) is 0 Å². The van der Waals surface area contributed by atoms with Crippen molar-refractivity contribution >= 4 is 0 Å². The molecule has 0 amide bonds. The molecule has 1 heterocycles. The number of hydrogen-bond acceptors (Lipinski definition) is 1. The summed E-state index contributed by atoms with van der Waals surface area (Å²) < 4.78 is 2.02. The van der Waals surface area contributed by atoms with Crippen molar-refractivity contribution in [1.29, 1.82) is 0 Å². The standard InChI is InChI=1S/C18H26N2O/c1-12(2)10-16-17(15-8-6-14(5)7-9-15)20(11-13(3)4)19-18(16)21/h6-9,12-13H,10-11H2,1-5H3,(H,19,21). The number of aromatic nitrogens is 2. The molecule has 0 saturated carbocycles. The monoisotopic (exact) mass is 286 g/mol. The molecule has 21 heavy (non-hydrogen) atoms. The number of H-pyrrole nitrogens is 1. The molecule has 0 fully saturated rings. The fourth-order valence-corrected chi connectivity index (χ4v) is 2.66. The average Bonchev–Trinajstić information content (AvgIpc) is 2.66. The second kappa shape index (κ2) is 6.33. The van der Waals surface area contributed by atoms with Crippen molar-refractivity contribution in [3.63, 3.8) is 0 Å². The van der Waals surface area contributed by atoms with Crippen molar-refractivity contribution in [2.45, 2.75) is 47.6 Å². The predicted octanol–water partition coefficient (Wildman–Crippen LogP) is 4.01. The molecule has 1 aromatic carbocycles. The van der Waals surface area contributed by atoms with Gasteiger partial charge >= 0.3 is 0 Å². The molecule has 114 valence electrons. The maximum Gasteiger partial charge on any atom is 0.267 e. The molecule has 3 nitrogen and oxygen atoms in total. The van der Waals surface area contributed by atoms with Crippen molar-refractivity contribution in [3.8, 4) is 11.3 Å². The van der Waals surface area contributed by atoms with E-state index in [1.165, 1.54) is 5.56 Å². The van der Waals surface area contributed by atoms with Gasteiger partial charge < -0.3 is 0 Å². The van der Waals surface area contributed by atoms with Crippen LogP contribution in [0, 0.1) is 18.8 Å². The van der Waals surface area contributed by atoms with Crippen molar-refractivity contribution in [2.24, 2.45) is 11.8 Å². The zero-order valence-electron chi connectivity index (χ0n) is 13.7. The number of nitrogens with zero attached hydrogens (tertiary/aromatic N) is 1. The van der Waals surface area contributed by atoms with E-state index >= 15 is 0 Å². The Morgan fingerprint density at radius 1 is 1.05 bits per heavy atom. The third-order valence-corrected chi connectivity index (χ3v) is 3.55. The molecule has 3 heteroatoms. The van der Waals surface area contributed by atoms with Gasteiger partial charge in [-0.25, -0.2) is 0 Å². The highest BCUT2D eigenvalue weighted by atomic mass is 16.1. The smallest absolute Gasteiger partial charge is 0.267 e. The molecule has 0 spiro atoms. The number of nitrogens with one attached hydrogen (secondary N) is 1. The Kier molecular flexibility index (Phi) is 4.71. The topological polar surface area (TPSA) is 37.8 Å². The summed E-state index contributed by atoms with van der Waals surface area (Å²) in [6.07, 6.45) is 0.809. The van der Waals surface area contributed by atoms with Gasteiger partial charge in [-0.1, -0.05) is 57.5 Å². The second-order valence-electron chi connectivity index (χ2n) is 6.74. The SMILES string of the molecule is Cc1ccc(-c2c(CC(C)C)c(=O)[nH]n2CC(C)C)cc1. The second-order valence-corrected chi connectivity index (χ2v) is 6.74. The number of aromatic amines is 1. The van der Waals surface area contributed by atoms with Crippen LogP contribution in [-0.4, -0.2) is 9.78 Å². The summed E-state index contributed by atoms with van der Waals surface area (Å²) in [4.78, 5) is 12.3. The first-order valence-electron chi connectivity index (χ1n) is 7.77. The molecule has 0 radical (unpaired) electrons. The van der Waals surface area contributed by atoms with E-state index in [9.17, 15) is 4.79 Å². The molecule has 1 aromatic heterocycles. The fourth-order valence-electron chi connectivity index (χ4n) is 2.66. The third-order valence-electron chi connectivity index (χ3n) is 3.55. The summed E-state index contributed by atoms with van der Waals surface area (Å²) in [5.74, 6) is 0.953. The lowest BCUT2D eigenvalue weighted by molar-refractivity contribution is 0.484. The van der Waals surface area contributed by atoms with E-state index in [0.29, 0.717) is 11.8 Å². The van der Waals surface area contributed by atoms with Crippen molar-refractivity contribution in [3.05, 3.63) is 45.7 Å². The molecule has 0 bridgehead atoms. The van der Waals surface area contributed by atoms with E-state index in [4.69, 9.17) is 0 Å². The third kappa shape index (κ3) is 3.66. The molecule has 0 saturated heterocycles. The Bertz CT molecular complexity index is 645. The highest BCUT2D eigenvalue weighted by Crippen LogP contribution is 2.24. The quantitative estimate of drug-likeness (QED) is 0.886. The van der Waals surface area contributed by atoms with Gasteiger partial charge in [0.2, 0.25) is 0 Å². The predicted molar refractivity (Wildman–Crippen MR) is 88.6 cm³/mol. The van der Waals surface area contributed by atoms with Crippen LogP contribution in [0.2, 0.25) is 0 Å². The van der Waals surface area contributed by atoms with Gasteiger partial charge in [-0.2, -0.15) is 0 Å². The molecule has 0 atom stereocenters. The molecule has 0 aliphatic carbocycles. The molecule has 1 N–H and O–H groups in total. The number of aryl methyl sites for hydroxylation is 1. The normalized spacial score (nSPS) is 11.6. The summed E-state index contributed by atoms with van der Waals surface area (Å²) in [7, 11) is 0. The Morgan fingerprint density at radius 3 is 2.19 bits per heavy atom. The van der Waals surface area contributed by atoms with E-state index in [2.05, 4.69) is 64.0 Å². The minimum absolute atomic E-state index is 0.0555. The van der Waals surface area contributed by atoms with Crippen LogP contribution in [0.3, 0.4) is 0 Å². The maximum atomic E-state index is 12.3. The van der Waals surface area contributed by atoms with Crippen LogP contribution in [0.25, 0.3) is 11.3 Å². The highest BCUT2D eigenvalue weighted by molar-refractivity contribution is 5.63. The molecule has 2 rings (SSSR count). The van der Waals surface area contributed by atoms with Crippen molar-refractivity contribution in [1.82, 2.24) is 9.78 Å². The zero-order chi connectivity index (χ0) is 15.6. The molecule has 0 unspecified atom stereocenters. The highest BCUT2D eigenvalue weighted by Gasteiger charge is 2.18. The van der Waals surface area contributed by atoms with Gasteiger partial charge in [-0.05, 0) is 25.2 Å². The van der Waals surface area contributed by atoms with E-state index < -0.39 is 0 Å². The first-order valence-corrected chi connectivity index (χ1v) is 7.77. The molecular formula is C18H26N2O. The number of benzene rings is 1. The average molecular weight is 286 g/mol. The van der Waals surface area contributed by atoms with Gasteiger partial charge in [-0.3, -0.25) is 14.6 Å². The van der Waals surface area contributed by atoms with Crippen molar-refractivity contribution < 1.29 is 0 Å². The van der Waals surface area contributed by atoms with Gasteiger partial charge in [-0.15, -0.1) is 0 Å². The minimum atomic E-state index is 0.0555. The summed E-state index contributed by atoms with van der Waals surface area (Å²) in [6.45, 7) is 11.5. The summed E-state index contributed by atoms with van der Waals surface area (Å²) in [5, 5.41) is 3.02. The van der Waals surface area contributed by atoms with Crippen LogP contribution in [-0.2, 0) is 13.0 Å². The van der Waals surface area contributed by atoms with Gasteiger partial charge in [0.05, 0.1) is 5.69 Å². The van der Waals surface area contributed by atoms with Crippen LogP contribution < -0.4 is 5.56 Å². The van der Waals surface area contributed by atoms with Crippen LogP contribution in [0.5, 0.6) is 0 Å². The van der Waals surface area contributed by atoms with Gasteiger partial charge in [0, 0.05) is 17.7 Å². The Balaban J connectivity index is 2.57. The Hall–Kier alpha value is -1.77. The molecular weight excluding hydrogens is 260 g/mol. The van der Waals surface area contributed by atoms with Crippen LogP contribution in [0.1, 0.15) is 38.8 Å². The molecule has 0 aliphatic heterocycles. The first kappa shape index (κ1) is 15.6. The van der Waals surface area contributed by atoms with Gasteiger partial charge in [0.1, 0.15) is 0 Å². The van der Waals surface area contributed by atoms with E-state index in [1.807, 2.05) is 4.68 Å².